The van der Waals surface area contributed by atoms with Gasteiger partial charge in [0, 0.05) is 11.6 Å². The van der Waals surface area contributed by atoms with Gasteiger partial charge in [-0.05, 0) is 23.8 Å². The van der Waals surface area contributed by atoms with Crippen molar-refractivity contribution in [1.29, 1.82) is 0 Å². The van der Waals surface area contributed by atoms with Crippen LogP contribution in [0.5, 0.6) is 5.75 Å². The van der Waals surface area contributed by atoms with E-state index in [-0.39, 0.29) is 18.3 Å². The first-order valence-corrected chi connectivity index (χ1v) is 9.79. The van der Waals surface area contributed by atoms with Crippen LogP contribution in [0.25, 0.3) is 5.57 Å². The molecule has 3 aliphatic rings. The van der Waals surface area contributed by atoms with Gasteiger partial charge in [-0.15, -0.1) is 0 Å². The van der Waals surface area contributed by atoms with E-state index in [1.54, 1.807) is 12.2 Å². The average molecular weight is 398 g/mol. The summed E-state index contributed by atoms with van der Waals surface area (Å²) in [6.45, 7) is 11.6. The molecular weight excluding hydrogens is 372 g/mol. The van der Waals surface area contributed by atoms with Crippen molar-refractivity contribution in [2.45, 2.75) is 18.3 Å². The van der Waals surface area contributed by atoms with E-state index in [9.17, 15) is 0 Å². The molecule has 0 N–H and O–H groups in total. The Hall–Kier alpha value is -2.54. The maximum atomic E-state index is 6.05. The van der Waals surface area contributed by atoms with Crippen molar-refractivity contribution in [2.24, 2.45) is 0 Å². The third-order valence-electron chi connectivity index (χ3n) is 4.61. The molecule has 0 aliphatic carbocycles. The summed E-state index contributed by atoms with van der Waals surface area (Å²) in [5.41, 5.74) is 1.82. The Morgan fingerprint density at radius 3 is 2.00 bits per heavy atom. The lowest BCUT2D eigenvalue weighted by atomic mass is 10.0. The zero-order valence-electron chi connectivity index (χ0n) is 16.4. The molecule has 0 amide bonds. The van der Waals surface area contributed by atoms with Crippen LogP contribution < -0.4 is 4.74 Å². The van der Waals surface area contributed by atoms with Crippen molar-refractivity contribution in [2.75, 3.05) is 39.6 Å². The van der Waals surface area contributed by atoms with Gasteiger partial charge in [-0.1, -0.05) is 31.4 Å². The van der Waals surface area contributed by atoms with E-state index < -0.39 is 0 Å². The molecule has 0 spiro atoms. The van der Waals surface area contributed by atoms with Gasteiger partial charge in [-0.25, -0.2) is 0 Å². The Morgan fingerprint density at radius 2 is 1.45 bits per heavy atom. The van der Waals surface area contributed by atoms with Crippen molar-refractivity contribution in [3.63, 3.8) is 0 Å². The maximum absolute atomic E-state index is 6.05. The summed E-state index contributed by atoms with van der Waals surface area (Å²) in [6, 6.07) is 7.83. The molecule has 3 saturated heterocycles. The van der Waals surface area contributed by atoms with Gasteiger partial charge in [0.2, 0.25) is 0 Å². The van der Waals surface area contributed by atoms with Crippen LogP contribution in [0.1, 0.15) is 5.56 Å². The van der Waals surface area contributed by atoms with Crippen LogP contribution in [-0.2, 0) is 23.7 Å². The number of hydrogen-bond acceptors (Lipinski definition) is 6. The first-order valence-electron chi connectivity index (χ1n) is 9.79. The Labute approximate surface area is 171 Å². The van der Waals surface area contributed by atoms with Gasteiger partial charge in [0.25, 0.3) is 0 Å². The number of rotatable bonds is 13. The molecule has 29 heavy (non-hydrogen) atoms. The Balaban J connectivity index is 1.52. The number of benzene rings is 1. The molecular formula is C23H26O6. The van der Waals surface area contributed by atoms with Crippen molar-refractivity contribution in [1.82, 2.24) is 0 Å². The number of ether oxygens (including phenoxy) is 6. The van der Waals surface area contributed by atoms with Crippen molar-refractivity contribution < 1.29 is 28.4 Å². The summed E-state index contributed by atoms with van der Waals surface area (Å²) in [7, 11) is 0. The highest BCUT2D eigenvalue weighted by Crippen LogP contribution is 2.27. The minimum absolute atomic E-state index is 0.137. The van der Waals surface area contributed by atoms with Gasteiger partial charge in [-0.2, -0.15) is 0 Å². The fourth-order valence-electron chi connectivity index (χ4n) is 2.63. The molecule has 3 fully saturated rings. The molecule has 1 aromatic rings. The number of allylic oxidation sites excluding steroid dienone is 4. The summed E-state index contributed by atoms with van der Waals surface area (Å²) in [4.78, 5) is 0. The van der Waals surface area contributed by atoms with E-state index in [2.05, 4.69) is 13.2 Å². The average Bonchev–Trinajstić information content (AvgIpc) is 3.59. The second-order valence-electron chi connectivity index (χ2n) is 7.06. The molecule has 4 rings (SSSR count). The standard InChI is InChI=1S/C23H26O6/c1-3-17(24-10-19-12-26-19)9-23(29-15-21-14-28-21)22(4-2)16-5-7-18(8-6-16)25-11-20-13-27-20/h3-9,19-21H,1-2,10-15H2/b17-9+,23-22-. The minimum Gasteiger partial charge on any atom is -0.491 e. The lowest BCUT2D eigenvalue weighted by Gasteiger charge is -2.14. The Morgan fingerprint density at radius 1 is 0.862 bits per heavy atom. The van der Waals surface area contributed by atoms with E-state index in [1.165, 1.54) is 0 Å². The number of epoxide rings is 3. The van der Waals surface area contributed by atoms with Gasteiger partial charge in [0.1, 0.15) is 55.4 Å². The van der Waals surface area contributed by atoms with Crippen molar-refractivity contribution in [3.05, 3.63) is 72.7 Å². The first kappa shape index (κ1) is 19.8. The largest absolute Gasteiger partial charge is 0.491 e. The first-order chi connectivity index (χ1) is 14.2. The van der Waals surface area contributed by atoms with Crippen LogP contribution in [0.15, 0.2) is 67.2 Å². The monoisotopic (exact) mass is 398 g/mol. The maximum Gasteiger partial charge on any atom is 0.130 e. The predicted molar refractivity (Wildman–Crippen MR) is 108 cm³/mol. The molecule has 0 radical (unpaired) electrons. The smallest absolute Gasteiger partial charge is 0.130 e. The van der Waals surface area contributed by atoms with Crippen LogP contribution in [0, 0.1) is 0 Å². The topological polar surface area (TPSA) is 65.3 Å². The van der Waals surface area contributed by atoms with Gasteiger partial charge in [0.05, 0.1) is 19.8 Å². The molecule has 0 saturated carbocycles. The molecule has 0 aromatic heterocycles. The van der Waals surface area contributed by atoms with Gasteiger partial charge >= 0.3 is 0 Å². The van der Waals surface area contributed by atoms with Crippen LogP contribution >= 0.6 is 0 Å². The summed E-state index contributed by atoms with van der Waals surface area (Å²) >= 11 is 0. The highest BCUT2D eigenvalue weighted by atomic mass is 16.6. The van der Waals surface area contributed by atoms with Crippen LogP contribution in [0.4, 0.5) is 0 Å². The number of hydrogen-bond donors (Lipinski definition) is 0. The van der Waals surface area contributed by atoms with E-state index in [4.69, 9.17) is 28.4 Å². The highest BCUT2D eigenvalue weighted by molar-refractivity contribution is 5.77. The van der Waals surface area contributed by atoms with E-state index >= 15 is 0 Å². The molecule has 6 heteroatoms. The summed E-state index contributed by atoms with van der Waals surface area (Å²) in [5, 5.41) is 0. The van der Waals surface area contributed by atoms with Crippen LogP contribution in [0.2, 0.25) is 0 Å². The molecule has 3 unspecified atom stereocenters. The lowest BCUT2D eigenvalue weighted by molar-refractivity contribution is 0.179. The second-order valence-corrected chi connectivity index (χ2v) is 7.06. The van der Waals surface area contributed by atoms with Gasteiger partial charge < -0.3 is 28.4 Å². The van der Waals surface area contributed by atoms with Crippen LogP contribution in [-0.4, -0.2) is 58.0 Å². The second kappa shape index (κ2) is 9.31. The van der Waals surface area contributed by atoms with Gasteiger partial charge in [-0.3, -0.25) is 0 Å². The SMILES string of the molecule is C=C/C(=C(\C=C(/C=C)OCC1CO1)OCC1CO1)c1ccc(OCC2CO2)cc1. The van der Waals surface area contributed by atoms with Crippen molar-refractivity contribution in [3.8, 4) is 5.75 Å². The fraction of sp³-hybridized carbons (Fsp3) is 0.391. The van der Waals surface area contributed by atoms with Crippen molar-refractivity contribution >= 4 is 5.57 Å². The van der Waals surface area contributed by atoms with Gasteiger partial charge in [0.15, 0.2) is 0 Å². The molecule has 3 aliphatic heterocycles. The zero-order chi connectivity index (χ0) is 20.1. The zero-order valence-corrected chi connectivity index (χ0v) is 16.4. The highest BCUT2D eigenvalue weighted by Gasteiger charge is 2.25. The normalized spacial score (nSPS) is 25.5. The van der Waals surface area contributed by atoms with Crippen LogP contribution in [0.3, 0.4) is 0 Å². The molecule has 154 valence electrons. The summed E-state index contributed by atoms with van der Waals surface area (Å²) < 4.78 is 33.2. The minimum atomic E-state index is 0.137. The lowest BCUT2D eigenvalue weighted by Crippen LogP contribution is -2.05. The third-order valence-corrected chi connectivity index (χ3v) is 4.61. The Kier molecular flexibility index (Phi) is 6.34. The summed E-state index contributed by atoms with van der Waals surface area (Å²) in [6.07, 6.45) is 5.81. The van der Waals surface area contributed by atoms with E-state index in [0.29, 0.717) is 31.3 Å². The molecule has 3 atom stereocenters. The third kappa shape index (κ3) is 6.22. The molecule has 3 heterocycles. The predicted octanol–water partition coefficient (Wildman–Crippen LogP) is 3.26. The Bertz CT molecular complexity index is 782. The molecule has 0 bridgehead atoms. The van der Waals surface area contributed by atoms with E-state index in [0.717, 1.165) is 36.7 Å². The quantitative estimate of drug-likeness (QED) is 0.289. The van der Waals surface area contributed by atoms with E-state index in [1.807, 2.05) is 30.3 Å². The fourth-order valence-corrected chi connectivity index (χ4v) is 2.63. The molecule has 6 nitrogen and oxygen atoms in total. The molecule has 1 aromatic carbocycles. The summed E-state index contributed by atoms with van der Waals surface area (Å²) in [5.74, 6) is 2.08.